The molecule has 0 amide bonds. The smallest absolute Gasteiger partial charge is 0.336 e. The van der Waals surface area contributed by atoms with Gasteiger partial charge in [0.25, 0.3) is 10.1 Å². The summed E-state index contributed by atoms with van der Waals surface area (Å²) in [6.45, 7) is 9.38. The van der Waals surface area contributed by atoms with Gasteiger partial charge in [0.2, 0.25) is 0 Å². The van der Waals surface area contributed by atoms with Gasteiger partial charge in [-0.1, -0.05) is 37.3 Å². The van der Waals surface area contributed by atoms with E-state index in [1.807, 2.05) is 6.92 Å². The highest BCUT2D eigenvalue weighted by molar-refractivity contribution is 7.86. The first-order valence-corrected chi connectivity index (χ1v) is 11.8. The fourth-order valence-corrected chi connectivity index (χ4v) is 3.01. The summed E-state index contributed by atoms with van der Waals surface area (Å²) in [7, 11) is -5.51. The molecule has 0 saturated heterocycles. The van der Waals surface area contributed by atoms with E-state index < -0.39 is 30.3 Å². The monoisotopic (exact) mass is 330 g/mol. The molecule has 7 heteroatoms. The number of carbonyl (C=O) groups excluding carboxylic acids is 1. The van der Waals surface area contributed by atoms with E-state index in [2.05, 4.69) is 19.6 Å². The van der Waals surface area contributed by atoms with Gasteiger partial charge in [0.1, 0.15) is 0 Å². The third kappa shape index (κ3) is 5.99. The zero-order chi connectivity index (χ0) is 16.3. The van der Waals surface area contributed by atoms with Gasteiger partial charge in [0.05, 0.1) is 19.2 Å². The summed E-state index contributed by atoms with van der Waals surface area (Å²) in [5.74, 6) is -0.659. The Morgan fingerprint density at radius 1 is 1.19 bits per heavy atom. The van der Waals surface area contributed by atoms with Crippen molar-refractivity contribution in [1.82, 2.24) is 0 Å². The molecule has 1 aromatic rings. The van der Waals surface area contributed by atoms with Gasteiger partial charge in [-0.05, 0) is 26.0 Å². The maximum absolute atomic E-state index is 12.0. The molecule has 21 heavy (non-hydrogen) atoms. The van der Waals surface area contributed by atoms with Gasteiger partial charge in [0, 0.05) is 0 Å². The fourth-order valence-electron chi connectivity index (χ4n) is 1.39. The second-order valence-electron chi connectivity index (χ2n) is 6.17. The number of hydrogen-bond acceptors (Lipinski definition) is 5. The molecule has 118 valence electrons. The van der Waals surface area contributed by atoms with Crippen molar-refractivity contribution in [2.75, 3.05) is 6.23 Å². The number of esters is 1. The summed E-state index contributed by atoms with van der Waals surface area (Å²) < 4.78 is 34.1. The molecule has 1 atom stereocenters. The van der Waals surface area contributed by atoms with Gasteiger partial charge in [0.15, 0.2) is 6.10 Å². The van der Waals surface area contributed by atoms with Crippen molar-refractivity contribution in [2.24, 2.45) is 0 Å². The van der Waals surface area contributed by atoms with Crippen LogP contribution in [0.25, 0.3) is 0 Å². The molecule has 0 aliphatic carbocycles. The normalized spacial score (nSPS) is 13.8. The van der Waals surface area contributed by atoms with E-state index in [4.69, 9.17) is 8.92 Å². The Kier molecular flexibility index (Phi) is 5.72. The van der Waals surface area contributed by atoms with Crippen molar-refractivity contribution < 1.29 is 22.1 Å². The molecule has 0 bridgehead atoms. The Labute approximate surface area is 127 Å². The molecule has 5 nitrogen and oxygen atoms in total. The van der Waals surface area contributed by atoms with Crippen LogP contribution in [0.3, 0.4) is 0 Å². The Balaban J connectivity index is 2.70. The Morgan fingerprint density at radius 3 is 2.19 bits per heavy atom. The van der Waals surface area contributed by atoms with E-state index in [1.165, 1.54) is 19.1 Å². The number of rotatable bonds is 6. The lowest BCUT2D eigenvalue weighted by Gasteiger charge is -2.18. The van der Waals surface area contributed by atoms with Crippen molar-refractivity contribution in [3.05, 3.63) is 29.8 Å². The summed E-state index contributed by atoms with van der Waals surface area (Å²) >= 11 is 0. The van der Waals surface area contributed by atoms with Gasteiger partial charge in [-0.25, -0.2) is 4.79 Å². The highest BCUT2D eigenvalue weighted by atomic mass is 32.2. The molecule has 0 aliphatic heterocycles. The molecule has 0 radical (unpaired) electrons. The summed E-state index contributed by atoms with van der Waals surface area (Å²) in [6.07, 6.45) is -0.822. The lowest BCUT2D eigenvalue weighted by atomic mass is 10.2. The molecule has 1 aromatic carbocycles. The van der Waals surface area contributed by atoms with Gasteiger partial charge in [-0.2, -0.15) is 8.42 Å². The zero-order valence-corrected chi connectivity index (χ0v) is 14.9. The SMILES string of the molecule is Cc1ccc(S(=O)(=O)OC(C)C(=O)OC[Si](C)(C)C)cc1. The molecule has 0 fully saturated rings. The van der Waals surface area contributed by atoms with Crippen LogP contribution in [0, 0.1) is 6.92 Å². The Hall–Kier alpha value is -1.18. The van der Waals surface area contributed by atoms with Crippen LogP contribution in [-0.2, 0) is 23.8 Å². The van der Waals surface area contributed by atoms with E-state index in [0.717, 1.165) is 5.56 Å². The minimum Gasteiger partial charge on any atom is -0.468 e. The topological polar surface area (TPSA) is 69.7 Å². The van der Waals surface area contributed by atoms with Crippen LogP contribution >= 0.6 is 0 Å². The Bertz CT molecular complexity index is 587. The average molecular weight is 330 g/mol. The minimum absolute atomic E-state index is 0.0259. The number of carbonyl (C=O) groups is 1. The van der Waals surface area contributed by atoms with Crippen LogP contribution in [0.4, 0.5) is 0 Å². The van der Waals surface area contributed by atoms with E-state index in [9.17, 15) is 13.2 Å². The van der Waals surface area contributed by atoms with Crippen LogP contribution in [0.1, 0.15) is 12.5 Å². The molecule has 0 heterocycles. The standard InChI is InChI=1S/C14H22O5SSi/c1-11-6-8-13(9-7-11)20(16,17)19-12(2)14(15)18-10-21(3,4)5/h6-9,12H,10H2,1-5H3. The minimum atomic E-state index is -3.96. The lowest BCUT2D eigenvalue weighted by Crippen LogP contribution is -2.34. The molecule has 0 aliphatic rings. The average Bonchev–Trinajstić information content (AvgIpc) is 2.35. The van der Waals surface area contributed by atoms with E-state index >= 15 is 0 Å². The van der Waals surface area contributed by atoms with Crippen molar-refractivity contribution >= 4 is 24.2 Å². The predicted molar refractivity (Wildman–Crippen MR) is 83.2 cm³/mol. The maximum Gasteiger partial charge on any atom is 0.336 e. The van der Waals surface area contributed by atoms with Crippen LogP contribution < -0.4 is 0 Å². The second-order valence-corrected chi connectivity index (χ2v) is 13.2. The van der Waals surface area contributed by atoms with E-state index in [-0.39, 0.29) is 4.90 Å². The van der Waals surface area contributed by atoms with Crippen LogP contribution in [0.2, 0.25) is 19.6 Å². The van der Waals surface area contributed by atoms with E-state index in [1.54, 1.807) is 12.1 Å². The van der Waals surface area contributed by atoms with Crippen molar-refractivity contribution in [3.63, 3.8) is 0 Å². The summed E-state index contributed by atoms with van der Waals surface area (Å²) in [5, 5.41) is 0. The predicted octanol–water partition coefficient (Wildman–Crippen LogP) is 2.51. The van der Waals surface area contributed by atoms with Crippen molar-refractivity contribution in [1.29, 1.82) is 0 Å². The molecule has 1 rings (SSSR count). The molecule has 0 N–H and O–H groups in total. The van der Waals surface area contributed by atoms with E-state index in [0.29, 0.717) is 6.23 Å². The van der Waals surface area contributed by atoms with Gasteiger partial charge in [-0.3, -0.25) is 4.18 Å². The molecule has 0 aromatic heterocycles. The summed E-state index contributed by atoms with van der Waals surface area (Å²) in [5.41, 5.74) is 0.941. The van der Waals surface area contributed by atoms with Gasteiger partial charge >= 0.3 is 5.97 Å². The van der Waals surface area contributed by atoms with Crippen LogP contribution in [-0.4, -0.2) is 34.8 Å². The van der Waals surface area contributed by atoms with Gasteiger partial charge in [-0.15, -0.1) is 0 Å². The van der Waals surface area contributed by atoms with Gasteiger partial charge < -0.3 is 4.74 Å². The number of aryl methyl sites for hydroxylation is 1. The second kappa shape index (κ2) is 6.72. The number of benzene rings is 1. The fraction of sp³-hybridized carbons (Fsp3) is 0.500. The zero-order valence-electron chi connectivity index (χ0n) is 13.0. The first-order chi connectivity index (χ1) is 9.51. The number of hydrogen-bond donors (Lipinski definition) is 0. The summed E-state index contributed by atoms with van der Waals surface area (Å²) in [6, 6.07) is 6.24. The Morgan fingerprint density at radius 2 is 1.71 bits per heavy atom. The summed E-state index contributed by atoms with van der Waals surface area (Å²) in [4.78, 5) is 11.8. The maximum atomic E-state index is 12.0. The molecule has 0 saturated carbocycles. The quantitative estimate of drug-likeness (QED) is 0.455. The molecular formula is C14H22O5SSi. The van der Waals surface area contributed by atoms with Crippen molar-refractivity contribution in [2.45, 2.75) is 44.5 Å². The largest absolute Gasteiger partial charge is 0.468 e. The lowest BCUT2D eigenvalue weighted by molar-refractivity contribution is -0.149. The van der Waals surface area contributed by atoms with Crippen LogP contribution in [0.15, 0.2) is 29.2 Å². The molecular weight excluding hydrogens is 308 g/mol. The number of ether oxygens (including phenoxy) is 1. The highest BCUT2D eigenvalue weighted by Gasteiger charge is 2.26. The first-order valence-electron chi connectivity index (χ1n) is 6.68. The molecule has 0 spiro atoms. The third-order valence-corrected chi connectivity index (χ3v) is 4.96. The van der Waals surface area contributed by atoms with Crippen molar-refractivity contribution in [3.8, 4) is 0 Å². The first kappa shape index (κ1) is 17.9. The molecule has 1 unspecified atom stereocenters. The van der Waals surface area contributed by atoms with Crippen LogP contribution in [0.5, 0.6) is 0 Å². The highest BCUT2D eigenvalue weighted by Crippen LogP contribution is 2.15. The third-order valence-electron chi connectivity index (χ3n) is 2.56.